The van der Waals surface area contributed by atoms with E-state index in [1.165, 1.54) is 12.0 Å². The van der Waals surface area contributed by atoms with Gasteiger partial charge in [-0.1, -0.05) is 0 Å². The van der Waals surface area contributed by atoms with Gasteiger partial charge in [-0.05, 0) is 6.42 Å². The third kappa shape index (κ3) is 2.02. The summed E-state index contributed by atoms with van der Waals surface area (Å²) < 4.78 is 9.99. The minimum atomic E-state index is -0.641. The van der Waals surface area contributed by atoms with E-state index in [-0.39, 0.29) is 24.5 Å². The third-order valence-electron chi connectivity index (χ3n) is 3.57. The van der Waals surface area contributed by atoms with Gasteiger partial charge in [0.1, 0.15) is 6.04 Å². The fraction of sp³-hybridized carbons (Fsp3) is 0.818. The normalized spacial score (nSPS) is 36.9. The summed E-state index contributed by atoms with van der Waals surface area (Å²) in [5.41, 5.74) is 0. The third-order valence-corrected chi connectivity index (χ3v) is 3.57. The van der Waals surface area contributed by atoms with Crippen LogP contribution >= 0.6 is 0 Å². The predicted octanol–water partition coefficient (Wildman–Crippen LogP) is -0.701. The van der Waals surface area contributed by atoms with Crippen molar-refractivity contribution in [3.63, 3.8) is 0 Å². The van der Waals surface area contributed by atoms with Crippen molar-refractivity contribution in [3.8, 4) is 0 Å². The van der Waals surface area contributed by atoms with E-state index in [0.29, 0.717) is 12.8 Å². The monoisotopic (exact) mass is 243 g/mol. The molecule has 17 heavy (non-hydrogen) atoms. The van der Waals surface area contributed by atoms with Gasteiger partial charge in [-0.25, -0.2) is 4.79 Å². The summed E-state index contributed by atoms with van der Waals surface area (Å²) in [5, 5.41) is 9.60. The molecule has 2 rings (SSSR count). The highest BCUT2D eigenvalue weighted by Gasteiger charge is 2.50. The largest absolute Gasteiger partial charge is 0.467 e. The Morgan fingerprint density at radius 1 is 1.41 bits per heavy atom. The molecule has 4 atom stereocenters. The van der Waals surface area contributed by atoms with E-state index in [0.717, 1.165) is 0 Å². The van der Waals surface area contributed by atoms with Gasteiger partial charge in [0.05, 0.1) is 31.8 Å². The summed E-state index contributed by atoms with van der Waals surface area (Å²) in [6.45, 7) is 0. The Morgan fingerprint density at radius 2 is 2.12 bits per heavy atom. The van der Waals surface area contributed by atoms with Gasteiger partial charge in [0, 0.05) is 13.5 Å². The van der Waals surface area contributed by atoms with Gasteiger partial charge < -0.3 is 19.5 Å². The molecule has 3 unspecified atom stereocenters. The van der Waals surface area contributed by atoms with Crippen molar-refractivity contribution in [1.29, 1.82) is 0 Å². The van der Waals surface area contributed by atoms with Crippen molar-refractivity contribution in [1.82, 2.24) is 4.90 Å². The molecule has 0 aliphatic carbocycles. The first kappa shape index (κ1) is 12.3. The van der Waals surface area contributed by atoms with Crippen LogP contribution in [0.2, 0.25) is 0 Å². The molecule has 96 valence electrons. The number of ether oxygens (including phenoxy) is 2. The molecule has 0 aromatic heterocycles. The van der Waals surface area contributed by atoms with Gasteiger partial charge in [-0.3, -0.25) is 4.79 Å². The SMILES string of the molecule is COC(=O)C1C[C@H](OC)C2CC(O)CC(=O)N12. The lowest BCUT2D eigenvalue weighted by Gasteiger charge is -2.36. The van der Waals surface area contributed by atoms with E-state index in [4.69, 9.17) is 9.47 Å². The number of hydrogen-bond acceptors (Lipinski definition) is 5. The van der Waals surface area contributed by atoms with Crippen molar-refractivity contribution < 1.29 is 24.2 Å². The molecule has 0 spiro atoms. The van der Waals surface area contributed by atoms with Gasteiger partial charge in [0.25, 0.3) is 0 Å². The van der Waals surface area contributed by atoms with Crippen LogP contribution < -0.4 is 0 Å². The Kier molecular flexibility index (Phi) is 3.35. The van der Waals surface area contributed by atoms with Crippen molar-refractivity contribution >= 4 is 11.9 Å². The van der Waals surface area contributed by atoms with Gasteiger partial charge in [0.2, 0.25) is 5.91 Å². The molecule has 0 aromatic rings. The number of rotatable bonds is 2. The molecule has 2 saturated heterocycles. The first-order valence-corrected chi connectivity index (χ1v) is 5.68. The Labute approximate surface area is 99.5 Å². The van der Waals surface area contributed by atoms with Crippen molar-refractivity contribution in [2.45, 2.75) is 43.6 Å². The lowest BCUT2D eigenvalue weighted by molar-refractivity contribution is -0.156. The molecule has 0 aromatic carbocycles. The highest BCUT2D eigenvalue weighted by atomic mass is 16.5. The molecule has 0 radical (unpaired) electrons. The van der Waals surface area contributed by atoms with Crippen LogP contribution in [0, 0.1) is 0 Å². The number of amides is 1. The maximum absolute atomic E-state index is 11.9. The molecule has 1 amide bonds. The zero-order chi connectivity index (χ0) is 12.6. The van der Waals surface area contributed by atoms with Gasteiger partial charge in [0.15, 0.2) is 0 Å². The molecular weight excluding hydrogens is 226 g/mol. The summed E-state index contributed by atoms with van der Waals surface area (Å²) in [7, 11) is 2.86. The Balaban J connectivity index is 2.23. The van der Waals surface area contributed by atoms with E-state index in [1.807, 2.05) is 0 Å². The molecule has 0 bridgehead atoms. The van der Waals surface area contributed by atoms with Crippen LogP contribution in [0.1, 0.15) is 19.3 Å². The number of aliphatic hydroxyl groups is 1. The molecule has 2 aliphatic heterocycles. The van der Waals surface area contributed by atoms with E-state index in [1.54, 1.807) is 7.11 Å². The maximum atomic E-state index is 11.9. The average molecular weight is 243 g/mol. The number of nitrogens with zero attached hydrogens (tertiary/aromatic N) is 1. The van der Waals surface area contributed by atoms with E-state index in [2.05, 4.69) is 0 Å². The fourth-order valence-electron chi connectivity index (χ4n) is 2.79. The number of piperidine rings is 1. The van der Waals surface area contributed by atoms with Crippen LogP contribution in [-0.2, 0) is 19.1 Å². The number of esters is 1. The topological polar surface area (TPSA) is 76.1 Å². The first-order valence-electron chi connectivity index (χ1n) is 5.68. The predicted molar refractivity (Wildman–Crippen MR) is 57.1 cm³/mol. The molecule has 1 N–H and O–H groups in total. The maximum Gasteiger partial charge on any atom is 0.328 e. The lowest BCUT2D eigenvalue weighted by Crippen LogP contribution is -2.52. The first-order chi connectivity index (χ1) is 8.08. The van der Waals surface area contributed by atoms with Gasteiger partial charge >= 0.3 is 5.97 Å². The second kappa shape index (κ2) is 4.62. The Bertz CT molecular complexity index is 332. The summed E-state index contributed by atoms with van der Waals surface area (Å²) in [4.78, 5) is 25.0. The number of hydrogen-bond donors (Lipinski definition) is 1. The smallest absolute Gasteiger partial charge is 0.328 e. The second-order valence-electron chi connectivity index (χ2n) is 4.51. The van der Waals surface area contributed by atoms with Gasteiger partial charge in [-0.2, -0.15) is 0 Å². The summed E-state index contributed by atoms with van der Waals surface area (Å²) in [6, 6.07) is -0.796. The Hall–Kier alpha value is -1.14. The quantitative estimate of drug-likeness (QED) is 0.649. The number of fused-ring (bicyclic) bond motifs is 1. The highest BCUT2D eigenvalue weighted by Crippen LogP contribution is 2.34. The fourth-order valence-corrected chi connectivity index (χ4v) is 2.79. The zero-order valence-corrected chi connectivity index (χ0v) is 9.96. The molecule has 2 heterocycles. The minimum Gasteiger partial charge on any atom is -0.467 e. The number of carbonyl (C=O) groups excluding carboxylic acids is 2. The standard InChI is InChI=1S/C11H17NO5/c1-16-9-5-8(11(15)17-2)12-7(9)3-6(13)4-10(12)14/h6-9,13H,3-5H2,1-2H3/t6?,7?,8?,9-/m0/s1. The average Bonchev–Trinajstić information content (AvgIpc) is 2.66. The lowest BCUT2D eigenvalue weighted by atomic mass is 9.98. The van der Waals surface area contributed by atoms with Crippen molar-refractivity contribution in [3.05, 3.63) is 0 Å². The highest BCUT2D eigenvalue weighted by molar-refractivity contribution is 5.86. The van der Waals surface area contributed by atoms with Gasteiger partial charge in [-0.15, -0.1) is 0 Å². The van der Waals surface area contributed by atoms with E-state index < -0.39 is 18.1 Å². The van der Waals surface area contributed by atoms with Crippen LogP contribution in [0.3, 0.4) is 0 Å². The van der Waals surface area contributed by atoms with Crippen LogP contribution in [0.15, 0.2) is 0 Å². The van der Waals surface area contributed by atoms with Crippen molar-refractivity contribution in [2.75, 3.05) is 14.2 Å². The second-order valence-corrected chi connectivity index (χ2v) is 4.51. The number of carbonyl (C=O) groups is 2. The van der Waals surface area contributed by atoms with E-state index in [9.17, 15) is 14.7 Å². The summed E-state index contributed by atoms with van der Waals surface area (Å²) in [6.07, 6.45) is 0.112. The molecule has 0 saturated carbocycles. The molecule has 2 fully saturated rings. The molecule has 2 aliphatic rings. The number of aliphatic hydroxyl groups excluding tert-OH is 1. The molecular formula is C11H17NO5. The van der Waals surface area contributed by atoms with Crippen molar-refractivity contribution in [2.24, 2.45) is 0 Å². The molecule has 6 nitrogen and oxygen atoms in total. The van der Waals surface area contributed by atoms with Crippen LogP contribution in [0.5, 0.6) is 0 Å². The van der Waals surface area contributed by atoms with Crippen LogP contribution in [-0.4, -0.2) is 60.4 Å². The van der Waals surface area contributed by atoms with Crippen LogP contribution in [0.4, 0.5) is 0 Å². The Morgan fingerprint density at radius 3 is 2.71 bits per heavy atom. The minimum absolute atomic E-state index is 0.0699. The molecule has 6 heteroatoms. The summed E-state index contributed by atoms with van der Waals surface area (Å²) in [5.74, 6) is -0.622. The van der Waals surface area contributed by atoms with Crippen LogP contribution in [0.25, 0.3) is 0 Å². The van der Waals surface area contributed by atoms with E-state index >= 15 is 0 Å². The summed E-state index contributed by atoms with van der Waals surface area (Å²) >= 11 is 0. The zero-order valence-electron chi connectivity index (χ0n) is 9.96. The number of methoxy groups -OCH3 is 2.